The SMILES string of the molecule is CN=C(NCc1csc(Br)c1)NCC1CCCO1.I. The van der Waals surface area contributed by atoms with Crippen molar-refractivity contribution in [2.75, 3.05) is 20.2 Å². The maximum atomic E-state index is 5.56. The second kappa shape index (κ2) is 9.15. The molecule has 1 unspecified atom stereocenters. The molecular formula is C12H19BrIN3OS. The molecule has 2 N–H and O–H groups in total. The van der Waals surface area contributed by atoms with Gasteiger partial charge in [0.1, 0.15) is 0 Å². The molecule has 0 spiro atoms. The molecule has 1 atom stereocenters. The van der Waals surface area contributed by atoms with Crippen molar-refractivity contribution in [3.63, 3.8) is 0 Å². The first-order chi connectivity index (χ1) is 8.78. The van der Waals surface area contributed by atoms with Crippen molar-refractivity contribution >= 4 is 57.2 Å². The third kappa shape index (κ3) is 5.97. The van der Waals surface area contributed by atoms with Crippen LogP contribution in [0.15, 0.2) is 20.2 Å². The molecule has 2 heterocycles. The van der Waals surface area contributed by atoms with Crippen molar-refractivity contribution in [1.29, 1.82) is 0 Å². The van der Waals surface area contributed by atoms with Gasteiger partial charge in [0.2, 0.25) is 0 Å². The Hall–Kier alpha value is 0.140. The lowest BCUT2D eigenvalue weighted by Gasteiger charge is -2.14. The normalized spacial score (nSPS) is 19.1. The van der Waals surface area contributed by atoms with Crippen LogP contribution < -0.4 is 10.6 Å². The molecular weight excluding hydrogens is 441 g/mol. The van der Waals surface area contributed by atoms with Crippen molar-refractivity contribution < 1.29 is 4.74 Å². The van der Waals surface area contributed by atoms with E-state index in [0.29, 0.717) is 6.10 Å². The molecule has 0 saturated carbocycles. The third-order valence-corrected chi connectivity index (χ3v) is 4.38. The summed E-state index contributed by atoms with van der Waals surface area (Å²) in [5.74, 6) is 0.827. The minimum absolute atomic E-state index is 0. The predicted molar refractivity (Wildman–Crippen MR) is 94.6 cm³/mol. The summed E-state index contributed by atoms with van der Waals surface area (Å²) in [7, 11) is 1.79. The summed E-state index contributed by atoms with van der Waals surface area (Å²) < 4.78 is 6.72. The number of aliphatic imine (C=N–C) groups is 1. The maximum Gasteiger partial charge on any atom is 0.191 e. The van der Waals surface area contributed by atoms with Crippen LogP contribution in [0.1, 0.15) is 18.4 Å². The molecule has 0 radical (unpaired) electrons. The number of nitrogens with one attached hydrogen (secondary N) is 2. The maximum absolute atomic E-state index is 5.56. The zero-order valence-electron chi connectivity index (χ0n) is 10.8. The van der Waals surface area contributed by atoms with Gasteiger partial charge in [0.15, 0.2) is 5.96 Å². The van der Waals surface area contributed by atoms with E-state index < -0.39 is 0 Å². The van der Waals surface area contributed by atoms with E-state index in [9.17, 15) is 0 Å². The van der Waals surface area contributed by atoms with Gasteiger partial charge >= 0.3 is 0 Å². The van der Waals surface area contributed by atoms with Crippen LogP contribution >= 0.6 is 51.2 Å². The first-order valence-electron chi connectivity index (χ1n) is 6.07. The molecule has 1 saturated heterocycles. The first kappa shape index (κ1) is 17.2. The van der Waals surface area contributed by atoms with Crippen molar-refractivity contribution in [1.82, 2.24) is 10.6 Å². The van der Waals surface area contributed by atoms with Crippen LogP contribution in [0.2, 0.25) is 0 Å². The van der Waals surface area contributed by atoms with Crippen LogP contribution in [-0.4, -0.2) is 32.3 Å². The zero-order valence-corrected chi connectivity index (χ0v) is 15.6. The molecule has 19 heavy (non-hydrogen) atoms. The summed E-state index contributed by atoms with van der Waals surface area (Å²) in [5, 5.41) is 8.72. The minimum Gasteiger partial charge on any atom is -0.376 e. The number of nitrogens with zero attached hydrogens (tertiary/aromatic N) is 1. The molecule has 1 aliphatic rings. The first-order valence-corrected chi connectivity index (χ1v) is 7.74. The lowest BCUT2D eigenvalue weighted by atomic mass is 10.2. The molecule has 0 aliphatic carbocycles. The van der Waals surface area contributed by atoms with Gasteiger partial charge in [-0.1, -0.05) is 0 Å². The highest BCUT2D eigenvalue weighted by Crippen LogP contribution is 2.20. The van der Waals surface area contributed by atoms with Gasteiger partial charge in [-0.3, -0.25) is 4.99 Å². The average molecular weight is 460 g/mol. The van der Waals surface area contributed by atoms with E-state index >= 15 is 0 Å². The lowest BCUT2D eigenvalue weighted by Crippen LogP contribution is -2.40. The average Bonchev–Trinajstić information content (AvgIpc) is 3.01. The molecule has 0 bridgehead atoms. The molecule has 1 aliphatic heterocycles. The van der Waals surface area contributed by atoms with E-state index in [1.807, 2.05) is 0 Å². The van der Waals surface area contributed by atoms with Crippen LogP contribution in [0.3, 0.4) is 0 Å². The standard InChI is InChI=1S/C12H18BrN3OS.HI/c1-14-12(16-7-10-3-2-4-17-10)15-6-9-5-11(13)18-8-9;/h5,8,10H,2-4,6-7H2,1H3,(H2,14,15,16);1H. The molecule has 4 nitrogen and oxygen atoms in total. The number of guanidine groups is 1. The topological polar surface area (TPSA) is 45.7 Å². The quantitative estimate of drug-likeness (QED) is 0.413. The van der Waals surface area contributed by atoms with Crippen molar-refractivity contribution in [2.24, 2.45) is 4.99 Å². The van der Waals surface area contributed by atoms with Gasteiger partial charge in [0.25, 0.3) is 0 Å². The Bertz CT molecular complexity index is 407. The summed E-state index contributed by atoms with van der Waals surface area (Å²) in [4.78, 5) is 4.20. The molecule has 0 amide bonds. The summed E-state index contributed by atoms with van der Waals surface area (Å²) in [6.07, 6.45) is 2.64. The summed E-state index contributed by atoms with van der Waals surface area (Å²) >= 11 is 5.15. The number of thiophene rings is 1. The van der Waals surface area contributed by atoms with E-state index in [0.717, 1.165) is 35.9 Å². The molecule has 7 heteroatoms. The predicted octanol–water partition coefficient (Wildman–Crippen LogP) is 2.97. The molecule has 1 aromatic rings. The van der Waals surface area contributed by atoms with Gasteiger partial charge in [-0.25, -0.2) is 0 Å². The van der Waals surface area contributed by atoms with Gasteiger partial charge in [-0.15, -0.1) is 35.3 Å². The number of hydrogen-bond donors (Lipinski definition) is 2. The van der Waals surface area contributed by atoms with E-state index in [1.165, 1.54) is 12.0 Å². The molecule has 0 aromatic carbocycles. The van der Waals surface area contributed by atoms with Crippen molar-refractivity contribution in [3.05, 3.63) is 20.8 Å². The van der Waals surface area contributed by atoms with Gasteiger partial charge in [0, 0.05) is 26.7 Å². The number of hydrogen-bond acceptors (Lipinski definition) is 3. The fourth-order valence-electron chi connectivity index (χ4n) is 1.86. The van der Waals surface area contributed by atoms with Gasteiger partial charge in [-0.2, -0.15) is 0 Å². The number of halogens is 2. The fraction of sp³-hybridized carbons (Fsp3) is 0.583. The highest BCUT2D eigenvalue weighted by molar-refractivity contribution is 14.0. The monoisotopic (exact) mass is 459 g/mol. The second-order valence-electron chi connectivity index (χ2n) is 4.20. The molecule has 1 fully saturated rings. The Kier molecular flexibility index (Phi) is 8.27. The summed E-state index contributed by atoms with van der Waals surface area (Å²) in [5.41, 5.74) is 1.26. The van der Waals surface area contributed by atoms with Gasteiger partial charge in [-0.05, 0) is 45.8 Å². The Morgan fingerprint density at radius 1 is 1.58 bits per heavy atom. The van der Waals surface area contributed by atoms with Crippen molar-refractivity contribution in [2.45, 2.75) is 25.5 Å². The minimum atomic E-state index is 0. The van der Waals surface area contributed by atoms with Crippen molar-refractivity contribution in [3.8, 4) is 0 Å². The van der Waals surface area contributed by atoms with E-state index in [2.05, 4.69) is 43.0 Å². The van der Waals surface area contributed by atoms with Crippen LogP contribution in [0.25, 0.3) is 0 Å². The Balaban J connectivity index is 0.00000180. The molecule has 1 aromatic heterocycles. The number of rotatable bonds is 4. The van der Waals surface area contributed by atoms with E-state index in [1.54, 1.807) is 18.4 Å². The summed E-state index contributed by atoms with van der Waals surface area (Å²) in [6, 6.07) is 2.12. The Labute approximate surface area is 143 Å². The smallest absolute Gasteiger partial charge is 0.191 e. The molecule has 108 valence electrons. The van der Waals surface area contributed by atoms with Crippen LogP contribution in [0.4, 0.5) is 0 Å². The third-order valence-electron chi connectivity index (χ3n) is 2.83. The van der Waals surface area contributed by atoms with Gasteiger partial charge in [0.05, 0.1) is 9.89 Å². The summed E-state index contributed by atoms with van der Waals surface area (Å²) in [6.45, 7) is 2.50. The highest BCUT2D eigenvalue weighted by Gasteiger charge is 2.15. The van der Waals surface area contributed by atoms with E-state index in [4.69, 9.17) is 4.74 Å². The highest BCUT2D eigenvalue weighted by atomic mass is 127. The fourth-order valence-corrected chi connectivity index (χ4v) is 3.07. The van der Waals surface area contributed by atoms with E-state index in [-0.39, 0.29) is 24.0 Å². The van der Waals surface area contributed by atoms with Crippen LogP contribution in [-0.2, 0) is 11.3 Å². The zero-order chi connectivity index (χ0) is 12.8. The Morgan fingerprint density at radius 3 is 3.00 bits per heavy atom. The van der Waals surface area contributed by atoms with Gasteiger partial charge < -0.3 is 15.4 Å². The largest absolute Gasteiger partial charge is 0.376 e. The number of ether oxygens (including phenoxy) is 1. The van der Waals surface area contributed by atoms with Crippen LogP contribution in [0, 0.1) is 0 Å². The molecule has 2 rings (SSSR count). The second-order valence-corrected chi connectivity index (χ2v) is 6.49. The Morgan fingerprint density at radius 2 is 2.42 bits per heavy atom. The van der Waals surface area contributed by atoms with Crippen LogP contribution in [0.5, 0.6) is 0 Å². The lowest BCUT2D eigenvalue weighted by molar-refractivity contribution is 0.114.